The number of rotatable bonds is 3. The summed E-state index contributed by atoms with van der Waals surface area (Å²) in [5.41, 5.74) is 1.02. The van der Waals surface area contributed by atoms with E-state index in [4.69, 9.17) is 9.29 Å². The molecule has 1 aromatic carbocycles. The Morgan fingerprint density at radius 3 is 2.38 bits per heavy atom. The molecule has 3 nitrogen and oxygen atoms in total. The highest BCUT2D eigenvalue weighted by Crippen LogP contribution is 2.30. The van der Waals surface area contributed by atoms with Gasteiger partial charge in [0.15, 0.2) is 11.1 Å². The van der Waals surface area contributed by atoms with Crippen molar-refractivity contribution < 1.29 is 13.5 Å². The fourth-order valence-corrected chi connectivity index (χ4v) is 2.81. The quantitative estimate of drug-likeness (QED) is 0.856. The highest BCUT2D eigenvalue weighted by molar-refractivity contribution is 7.81. The second-order valence-electron chi connectivity index (χ2n) is 3.10. The molecule has 0 saturated carbocycles. The van der Waals surface area contributed by atoms with Gasteiger partial charge in [-0.05, 0) is 42.0 Å². The molecular weight excluding hydrogens is 244 g/mol. The van der Waals surface area contributed by atoms with Crippen LogP contribution in [0.2, 0.25) is 0 Å². The van der Waals surface area contributed by atoms with Crippen molar-refractivity contribution in [2.24, 2.45) is 0 Å². The Balaban J connectivity index is 2.31. The highest BCUT2D eigenvalue weighted by atomic mass is 32.2. The lowest BCUT2D eigenvalue weighted by atomic mass is 10.2. The van der Waals surface area contributed by atoms with E-state index in [-0.39, 0.29) is 0 Å². The van der Waals surface area contributed by atoms with Crippen LogP contribution in [0.3, 0.4) is 0 Å². The van der Waals surface area contributed by atoms with Gasteiger partial charge in [0.25, 0.3) is 0 Å². The molecule has 0 amide bonds. The van der Waals surface area contributed by atoms with Crippen LogP contribution in [0, 0.1) is 0 Å². The van der Waals surface area contributed by atoms with E-state index in [1.165, 1.54) is 11.3 Å². The zero-order chi connectivity index (χ0) is 11.5. The first-order chi connectivity index (χ1) is 7.70. The van der Waals surface area contributed by atoms with E-state index < -0.39 is 11.1 Å². The smallest absolute Gasteiger partial charge is 0.196 e. The lowest BCUT2D eigenvalue weighted by Crippen LogP contribution is -1.81. The molecule has 0 aliphatic rings. The molecule has 0 aliphatic heterocycles. The number of thiophene rings is 1. The summed E-state index contributed by atoms with van der Waals surface area (Å²) in [6.07, 6.45) is 0. The van der Waals surface area contributed by atoms with E-state index in [0.717, 1.165) is 16.2 Å². The van der Waals surface area contributed by atoms with Gasteiger partial charge in [-0.2, -0.15) is 0 Å². The van der Waals surface area contributed by atoms with Gasteiger partial charge in [-0.15, -0.1) is 11.3 Å². The minimum Gasteiger partial charge on any atom is -0.497 e. The van der Waals surface area contributed by atoms with E-state index >= 15 is 0 Å². The molecule has 0 radical (unpaired) electrons. The average Bonchev–Trinajstić information content (AvgIpc) is 2.78. The third-order valence-electron chi connectivity index (χ3n) is 2.13. The molecule has 2 aromatic rings. The molecule has 16 heavy (non-hydrogen) atoms. The van der Waals surface area contributed by atoms with Gasteiger partial charge in [0.1, 0.15) is 9.96 Å². The SMILES string of the molecule is COc1ccc(-c2ccc(S(=O)O)s2)cc1. The maximum Gasteiger partial charge on any atom is 0.196 e. The molecule has 0 spiro atoms. The predicted molar refractivity (Wildman–Crippen MR) is 65.3 cm³/mol. The first kappa shape index (κ1) is 11.3. The van der Waals surface area contributed by atoms with Crippen molar-refractivity contribution in [3.63, 3.8) is 0 Å². The maximum atomic E-state index is 10.8. The lowest BCUT2D eigenvalue weighted by molar-refractivity contribution is 0.415. The molecule has 1 aromatic heterocycles. The van der Waals surface area contributed by atoms with Gasteiger partial charge in [-0.25, -0.2) is 4.21 Å². The van der Waals surface area contributed by atoms with Crippen LogP contribution in [0.1, 0.15) is 0 Å². The fourth-order valence-electron chi connectivity index (χ4n) is 1.32. The minimum atomic E-state index is -1.89. The van der Waals surface area contributed by atoms with Crippen LogP contribution in [0.15, 0.2) is 40.6 Å². The monoisotopic (exact) mass is 254 g/mol. The van der Waals surface area contributed by atoms with Gasteiger partial charge in [-0.3, -0.25) is 0 Å². The van der Waals surface area contributed by atoms with Gasteiger partial charge < -0.3 is 9.29 Å². The lowest BCUT2D eigenvalue weighted by Gasteiger charge is -2.00. The topological polar surface area (TPSA) is 46.5 Å². The Labute approximate surface area is 100.0 Å². The van der Waals surface area contributed by atoms with Crippen molar-refractivity contribution in [3.8, 4) is 16.2 Å². The van der Waals surface area contributed by atoms with Crippen LogP contribution in [0.5, 0.6) is 5.75 Å². The largest absolute Gasteiger partial charge is 0.497 e. The van der Waals surface area contributed by atoms with Crippen molar-refractivity contribution >= 4 is 22.4 Å². The van der Waals surface area contributed by atoms with E-state index in [1.807, 2.05) is 30.3 Å². The summed E-state index contributed by atoms with van der Waals surface area (Å²) >= 11 is -0.578. The Morgan fingerprint density at radius 1 is 1.19 bits per heavy atom. The summed E-state index contributed by atoms with van der Waals surface area (Å²) < 4.78 is 25.3. The normalized spacial score (nSPS) is 12.4. The third kappa shape index (κ3) is 2.32. The zero-order valence-corrected chi connectivity index (χ0v) is 10.2. The van der Waals surface area contributed by atoms with E-state index in [9.17, 15) is 4.21 Å². The first-order valence-electron chi connectivity index (χ1n) is 4.56. The van der Waals surface area contributed by atoms with E-state index in [0.29, 0.717) is 4.21 Å². The van der Waals surface area contributed by atoms with Crippen molar-refractivity contribution in [1.29, 1.82) is 0 Å². The van der Waals surface area contributed by atoms with E-state index in [2.05, 4.69) is 0 Å². The number of benzene rings is 1. The molecule has 0 aliphatic carbocycles. The molecule has 1 unspecified atom stereocenters. The Hall–Kier alpha value is -1.17. The zero-order valence-electron chi connectivity index (χ0n) is 8.54. The number of methoxy groups -OCH3 is 1. The first-order valence-corrected chi connectivity index (χ1v) is 6.48. The van der Waals surface area contributed by atoms with Gasteiger partial charge in [0.2, 0.25) is 0 Å². The molecule has 84 valence electrons. The second kappa shape index (κ2) is 4.78. The minimum absolute atomic E-state index is 0.464. The molecule has 1 atom stereocenters. The number of ether oxygens (including phenoxy) is 1. The Kier molecular flexibility index (Phi) is 3.38. The van der Waals surface area contributed by atoms with Gasteiger partial charge in [0.05, 0.1) is 7.11 Å². The predicted octanol–water partition coefficient (Wildman–Crippen LogP) is 3.00. The summed E-state index contributed by atoms with van der Waals surface area (Å²) in [6.45, 7) is 0. The Bertz CT molecular complexity index is 502. The van der Waals surface area contributed by atoms with Crippen LogP contribution in [0.25, 0.3) is 10.4 Å². The van der Waals surface area contributed by atoms with Crippen molar-refractivity contribution in [2.45, 2.75) is 4.21 Å². The van der Waals surface area contributed by atoms with Crippen molar-refractivity contribution in [3.05, 3.63) is 36.4 Å². The summed E-state index contributed by atoms with van der Waals surface area (Å²) in [7, 11) is 1.62. The summed E-state index contributed by atoms with van der Waals surface area (Å²) in [6, 6.07) is 11.1. The van der Waals surface area contributed by atoms with Crippen molar-refractivity contribution in [2.75, 3.05) is 7.11 Å². The average molecular weight is 254 g/mol. The second-order valence-corrected chi connectivity index (χ2v) is 5.38. The fraction of sp³-hybridized carbons (Fsp3) is 0.0909. The number of hydrogen-bond donors (Lipinski definition) is 1. The molecule has 1 N–H and O–H groups in total. The van der Waals surface area contributed by atoms with Gasteiger partial charge in [-0.1, -0.05) is 0 Å². The number of hydrogen-bond acceptors (Lipinski definition) is 3. The van der Waals surface area contributed by atoms with Crippen molar-refractivity contribution in [1.82, 2.24) is 0 Å². The molecule has 2 rings (SSSR count). The third-order valence-corrected chi connectivity index (χ3v) is 4.21. The Morgan fingerprint density at radius 2 is 1.88 bits per heavy atom. The van der Waals surface area contributed by atoms with Crippen LogP contribution in [0.4, 0.5) is 0 Å². The van der Waals surface area contributed by atoms with Gasteiger partial charge in [0, 0.05) is 4.88 Å². The molecule has 0 fully saturated rings. The van der Waals surface area contributed by atoms with Crippen LogP contribution in [-0.2, 0) is 11.1 Å². The standard InChI is InChI=1S/C11H10O3S2/c1-14-9-4-2-8(3-5-9)10-6-7-11(15-10)16(12)13/h2-7H,1H3,(H,12,13). The molecule has 0 saturated heterocycles. The molecular formula is C11H10O3S2. The van der Waals surface area contributed by atoms with Crippen LogP contribution >= 0.6 is 11.3 Å². The maximum absolute atomic E-state index is 10.8. The van der Waals surface area contributed by atoms with Crippen LogP contribution in [-0.4, -0.2) is 15.9 Å². The molecule has 1 heterocycles. The molecule has 5 heteroatoms. The molecule has 0 bridgehead atoms. The van der Waals surface area contributed by atoms with Gasteiger partial charge >= 0.3 is 0 Å². The summed E-state index contributed by atoms with van der Waals surface area (Å²) in [5, 5.41) is 0. The van der Waals surface area contributed by atoms with E-state index in [1.54, 1.807) is 13.2 Å². The summed E-state index contributed by atoms with van der Waals surface area (Å²) in [5.74, 6) is 0.797. The summed E-state index contributed by atoms with van der Waals surface area (Å²) in [4.78, 5) is 0.972. The van der Waals surface area contributed by atoms with Crippen LogP contribution < -0.4 is 4.74 Å². The highest BCUT2D eigenvalue weighted by Gasteiger charge is 2.06.